The van der Waals surface area contributed by atoms with Crippen LogP contribution in [0, 0.1) is 0 Å². The molecular weight excluding hydrogens is 176 g/mol. The summed E-state index contributed by atoms with van der Waals surface area (Å²) in [7, 11) is 0. The van der Waals surface area contributed by atoms with Gasteiger partial charge in [-0.15, -0.1) is 0 Å². The molecule has 74 valence electrons. The zero-order valence-electron chi connectivity index (χ0n) is 8.32. The lowest BCUT2D eigenvalue weighted by Gasteiger charge is -2.03. The predicted octanol–water partition coefficient (Wildman–Crippen LogP) is 2.35. The van der Waals surface area contributed by atoms with Crippen LogP contribution < -0.4 is 0 Å². The van der Waals surface area contributed by atoms with E-state index in [2.05, 4.69) is 6.58 Å². The van der Waals surface area contributed by atoms with Crippen LogP contribution in [0.4, 0.5) is 0 Å². The Bertz CT molecular complexity index is 314. The number of esters is 1. The van der Waals surface area contributed by atoms with Crippen molar-refractivity contribution in [3.05, 3.63) is 48.0 Å². The molecule has 0 spiro atoms. The van der Waals surface area contributed by atoms with Crippen molar-refractivity contribution in [1.82, 2.24) is 0 Å². The molecule has 1 rings (SSSR count). The average molecular weight is 190 g/mol. The Balaban J connectivity index is 2.38. The van der Waals surface area contributed by atoms with Crippen molar-refractivity contribution in [1.29, 1.82) is 0 Å². The van der Waals surface area contributed by atoms with Crippen molar-refractivity contribution < 1.29 is 9.53 Å². The quantitative estimate of drug-likeness (QED) is 0.538. The maximum atomic E-state index is 11.3. The second-order valence-electron chi connectivity index (χ2n) is 3.28. The predicted molar refractivity (Wildman–Crippen MR) is 55.9 cm³/mol. The summed E-state index contributed by atoms with van der Waals surface area (Å²) in [6, 6.07) is 9.54. The normalized spacial score (nSPS) is 9.50. The van der Waals surface area contributed by atoms with Crippen LogP contribution in [0.15, 0.2) is 42.5 Å². The molecule has 0 amide bonds. The molecule has 0 aliphatic rings. The van der Waals surface area contributed by atoms with E-state index in [0.717, 1.165) is 11.1 Å². The number of hydrogen-bond acceptors (Lipinski definition) is 2. The van der Waals surface area contributed by atoms with Crippen LogP contribution in [0.2, 0.25) is 0 Å². The van der Waals surface area contributed by atoms with Crippen LogP contribution in [0.3, 0.4) is 0 Å². The third-order valence-corrected chi connectivity index (χ3v) is 1.67. The smallest absolute Gasteiger partial charge is 0.310 e. The fourth-order valence-electron chi connectivity index (χ4n) is 1.02. The van der Waals surface area contributed by atoms with Gasteiger partial charge in [0.1, 0.15) is 6.61 Å². The van der Waals surface area contributed by atoms with Gasteiger partial charge in [-0.3, -0.25) is 4.79 Å². The number of rotatable bonds is 4. The van der Waals surface area contributed by atoms with Crippen LogP contribution in [0.5, 0.6) is 0 Å². The van der Waals surface area contributed by atoms with Crippen molar-refractivity contribution in [3.63, 3.8) is 0 Å². The maximum Gasteiger partial charge on any atom is 0.310 e. The minimum Gasteiger partial charge on any atom is -0.461 e. The zero-order valence-corrected chi connectivity index (χ0v) is 8.32. The molecule has 0 atom stereocenters. The summed E-state index contributed by atoms with van der Waals surface area (Å²) in [6.45, 7) is 5.80. The van der Waals surface area contributed by atoms with Gasteiger partial charge in [-0.05, 0) is 18.1 Å². The first-order valence-electron chi connectivity index (χ1n) is 4.52. The molecule has 0 unspecified atom stereocenters. The summed E-state index contributed by atoms with van der Waals surface area (Å²) in [5.41, 5.74) is 1.82. The Morgan fingerprint density at radius 1 is 1.36 bits per heavy atom. The van der Waals surface area contributed by atoms with Gasteiger partial charge in [-0.2, -0.15) is 0 Å². The SMILES string of the molecule is C=C(C)COC(=O)Cc1ccccc1. The van der Waals surface area contributed by atoms with Gasteiger partial charge in [0.25, 0.3) is 0 Å². The lowest BCUT2D eigenvalue weighted by molar-refractivity contribution is -0.141. The topological polar surface area (TPSA) is 26.3 Å². The molecule has 0 aliphatic carbocycles. The van der Waals surface area contributed by atoms with Crippen LogP contribution in [-0.4, -0.2) is 12.6 Å². The number of hydrogen-bond donors (Lipinski definition) is 0. The highest BCUT2D eigenvalue weighted by atomic mass is 16.5. The second-order valence-corrected chi connectivity index (χ2v) is 3.28. The van der Waals surface area contributed by atoms with E-state index in [1.165, 1.54) is 0 Å². The highest BCUT2D eigenvalue weighted by Gasteiger charge is 2.03. The molecule has 1 aromatic carbocycles. The van der Waals surface area contributed by atoms with Crippen molar-refractivity contribution in [2.45, 2.75) is 13.3 Å². The van der Waals surface area contributed by atoms with Crippen LogP contribution >= 0.6 is 0 Å². The third kappa shape index (κ3) is 3.90. The average Bonchev–Trinajstić information content (AvgIpc) is 2.16. The van der Waals surface area contributed by atoms with Crippen LogP contribution in [0.25, 0.3) is 0 Å². The van der Waals surface area contributed by atoms with E-state index >= 15 is 0 Å². The van der Waals surface area contributed by atoms with Gasteiger partial charge in [0.15, 0.2) is 0 Å². The van der Waals surface area contributed by atoms with E-state index in [1.807, 2.05) is 37.3 Å². The molecule has 14 heavy (non-hydrogen) atoms. The Morgan fingerprint density at radius 2 is 2.00 bits per heavy atom. The highest BCUT2D eigenvalue weighted by Crippen LogP contribution is 2.01. The van der Waals surface area contributed by atoms with Gasteiger partial charge in [0, 0.05) is 0 Å². The van der Waals surface area contributed by atoms with Gasteiger partial charge in [0.2, 0.25) is 0 Å². The molecule has 0 radical (unpaired) electrons. The van der Waals surface area contributed by atoms with E-state index in [-0.39, 0.29) is 5.97 Å². The fraction of sp³-hybridized carbons (Fsp3) is 0.250. The van der Waals surface area contributed by atoms with Crippen LogP contribution in [-0.2, 0) is 16.0 Å². The Kier molecular flexibility index (Phi) is 3.92. The molecule has 2 heteroatoms. The number of carbonyl (C=O) groups excluding carboxylic acids is 1. The maximum absolute atomic E-state index is 11.3. The standard InChI is InChI=1S/C12H14O2/c1-10(2)9-14-12(13)8-11-6-4-3-5-7-11/h3-7H,1,8-9H2,2H3. The summed E-state index contributed by atoms with van der Waals surface area (Å²) in [5, 5.41) is 0. The van der Waals surface area contributed by atoms with E-state index in [9.17, 15) is 4.79 Å². The van der Waals surface area contributed by atoms with Gasteiger partial charge < -0.3 is 4.74 Å². The Labute approximate surface area is 84.2 Å². The van der Waals surface area contributed by atoms with Gasteiger partial charge in [-0.25, -0.2) is 0 Å². The summed E-state index contributed by atoms with van der Waals surface area (Å²) >= 11 is 0. The van der Waals surface area contributed by atoms with Crippen molar-refractivity contribution >= 4 is 5.97 Å². The van der Waals surface area contributed by atoms with Crippen LogP contribution in [0.1, 0.15) is 12.5 Å². The molecule has 2 nitrogen and oxygen atoms in total. The number of carbonyl (C=O) groups is 1. The molecule has 0 bridgehead atoms. The first-order chi connectivity index (χ1) is 6.68. The molecule has 0 heterocycles. The molecular formula is C12H14O2. The lowest BCUT2D eigenvalue weighted by atomic mass is 10.2. The van der Waals surface area contributed by atoms with E-state index in [0.29, 0.717) is 13.0 Å². The zero-order chi connectivity index (χ0) is 10.4. The lowest BCUT2D eigenvalue weighted by Crippen LogP contribution is -2.09. The van der Waals surface area contributed by atoms with E-state index in [4.69, 9.17) is 4.74 Å². The fourth-order valence-corrected chi connectivity index (χ4v) is 1.02. The van der Waals surface area contributed by atoms with Crippen molar-refractivity contribution in [2.24, 2.45) is 0 Å². The molecule has 0 fully saturated rings. The summed E-state index contributed by atoms with van der Waals surface area (Å²) < 4.78 is 4.97. The molecule has 0 aromatic heterocycles. The summed E-state index contributed by atoms with van der Waals surface area (Å²) in [4.78, 5) is 11.3. The van der Waals surface area contributed by atoms with Crippen molar-refractivity contribution in [2.75, 3.05) is 6.61 Å². The number of benzene rings is 1. The van der Waals surface area contributed by atoms with Gasteiger partial charge in [0.05, 0.1) is 6.42 Å². The molecule has 1 aromatic rings. The largest absolute Gasteiger partial charge is 0.461 e. The Morgan fingerprint density at radius 3 is 2.57 bits per heavy atom. The van der Waals surface area contributed by atoms with Gasteiger partial charge in [-0.1, -0.05) is 36.9 Å². The second kappa shape index (κ2) is 5.22. The van der Waals surface area contributed by atoms with E-state index in [1.54, 1.807) is 0 Å². The third-order valence-electron chi connectivity index (χ3n) is 1.67. The van der Waals surface area contributed by atoms with Gasteiger partial charge >= 0.3 is 5.97 Å². The van der Waals surface area contributed by atoms with E-state index < -0.39 is 0 Å². The summed E-state index contributed by atoms with van der Waals surface area (Å²) in [6.07, 6.45) is 0.327. The first kappa shape index (κ1) is 10.5. The number of ether oxygens (including phenoxy) is 1. The van der Waals surface area contributed by atoms with Crippen molar-refractivity contribution in [3.8, 4) is 0 Å². The monoisotopic (exact) mass is 190 g/mol. The minimum atomic E-state index is -0.209. The first-order valence-corrected chi connectivity index (χ1v) is 4.52. The summed E-state index contributed by atoms with van der Waals surface area (Å²) in [5.74, 6) is -0.209. The minimum absolute atomic E-state index is 0.209. The molecule has 0 saturated heterocycles. The highest BCUT2D eigenvalue weighted by molar-refractivity contribution is 5.72. The molecule has 0 saturated carbocycles. The molecule has 0 aliphatic heterocycles. The molecule has 0 N–H and O–H groups in total. The Hall–Kier alpha value is -1.57.